The Bertz CT molecular complexity index is 742. The lowest BCUT2D eigenvalue weighted by molar-refractivity contribution is -0.144. The quantitative estimate of drug-likeness (QED) is 0.532. The summed E-state index contributed by atoms with van der Waals surface area (Å²) in [4.78, 5) is 23.8. The molecule has 0 aliphatic rings. The summed E-state index contributed by atoms with van der Waals surface area (Å²) >= 11 is 3.29. The minimum atomic E-state index is -0.627. The predicted octanol–water partition coefficient (Wildman–Crippen LogP) is 3.57. The molecule has 0 aliphatic heterocycles. The van der Waals surface area contributed by atoms with Gasteiger partial charge >= 0.3 is 5.97 Å². The van der Waals surface area contributed by atoms with E-state index in [0.29, 0.717) is 21.5 Å². The lowest BCUT2D eigenvalue weighted by Gasteiger charge is -2.11. The molecule has 126 valence electrons. The first-order valence-corrected chi connectivity index (χ1v) is 8.01. The van der Waals surface area contributed by atoms with Crippen LogP contribution in [0.15, 0.2) is 46.9 Å². The zero-order valence-electron chi connectivity index (χ0n) is 13.4. The van der Waals surface area contributed by atoms with Crippen LogP contribution in [0, 0.1) is 6.92 Å². The number of halogens is 1. The van der Waals surface area contributed by atoms with Crippen LogP contribution in [0.4, 0.5) is 0 Å². The van der Waals surface area contributed by atoms with E-state index in [0.717, 1.165) is 5.56 Å². The number of esters is 1. The molecule has 0 amide bonds. The lowest BCUT2D eigenvalue weighted by Crippen LogP contribution is -2.19. The zero-order chi connectivity index (χ0) is 17.5. The summed E-state index contributed by atoms with van der Waals surface area (Å²) in [6, 6.07) is 12.3. The molecule has 0 atom stereocenters. The van der Waals surface area contributed by atoms with Crippen molar-refractivity contribution >= 4 is 27.7 Å². The molecule has 2 rings (SSSR count). The Kier molecular flexibility index (Phi) is 6.37. The van der Waals surface area contributed by atoms with E-state index in [9.17, 15) is 9.59 Å². The summed E-state index contributed by atoms with van der Waals surface area (Å²) in [6.45, 7) is 1.28. The van der Waals surface area contributed by atoms with E-state index in [-0.39, 0.29) is 19.0 Å². The van der Waals surface area contributed by atoms with Gasteiger partial charge in [-0.1, -0.05) is 40.2 Å². The average Bonchev–Trinajstić information content (AvgIpc) is 2.58. The second-order valence-corrected chi connectivity index (χ2v) is 5.86. The summed E-state index contributed by atoms with van der Waals surface area (Å²) in [7, 11) is 1.52. The Balaban J connectivity index is 1.86. The number of aryl methyl sites for hydroxylation is 1. The molecule has 0 fully saturated rings. The van der Waals surface area contributed by atoms with E-state index < -0.39 is 5.97 Å². The van der Waals surface area contributed by atoms with Gasteiger partial charge in [0.25, 0.3) is 0 Å². The number of hydrogen-bond donors (Lipinski definition) is 0. The fourth-order valence-corrected chi connectivity index (χ4v) is 2.49. The Morgan fingerprint density at radius 2 is 1.79 bits per heavy atom. The molecule has 0 saturated carbocycles. The predicted molar refractivity (Wildman–Crippen MR) is 92.7 cm³/mol. The molecule has 0 aromatic heterocycles. The molecular weight excluding hydrogens is 376 g/mol. The van der Waals surface area contributed by atoms with Gasteiger partial charge in [-0.25, -0.2) is 4.79 Å². The molecule has 0 heterocycles. The van der Waals surface area contributed by atoms with Gasteiger partial charge in [0.1, 0.15) is 0 Å². The number of Topliss-reactive ketones (excluding diaryl/α,β-unsaturated/α-hetero) is 1. The Morgan fingerprint density at radius 1 is 1.04 bits per heavy atom. The number of ether oxygens (including phenoxy) is 3. The van der Waals surface area contributed by atoms with Gasteiger partial charge in [-0.15, -0.1) is 0 Å². The van der Waals surface area contributed by atoms with Crippen molar-refractivity contribution in [3.63, 3.8) is 0 Å². The smallest absolute Gasteiger partial charge is 0.344 e. The van der Waals surface area contributed by atoms with Crippen LogP contribution in [0.1, 0.15) is 15.9 Å². The number of rotatable bonds is 7. The molecule has 6 heteroatoms. The third-order valence-corrected chi connectivity index (χ3v) is 3.89. The van der Waals surface area contributed by atoms with Gasteiger partial charge in [-0.2, -0.15) is 0 Å². The summed E-state index contributed by atoms with van der Waals surface area (Å²) < 4.78 is 16.2. The van der Waals surface area contributed by atoms with Crippen LogP contribution < -0.4 is 9.47 Å². The molecule has 0 radical (unpaired) electrons. The van der Waals surface area contributed by atoms with E-state index >= 15 is 0 Å². The van der Waals surface area contributed by atoms with Crippen LogP contribution in [0.2, 0.25) is 0 Å². The lowest BCUT2D eigenvalue weighted by atomic mass is 10.1. The Labute approximate surface area is 148 Å². The molecule has 0 aliphatic carbocycles. The van der Waals surface area contributed by atoms with Crippen LogP contribution in [0.5, 0.6) is 11.5 Å². The first-order valence-electron chi connectivity index (χ1n) is 7.22. The maximum Gasteiger partial charge on any atom is 0.344 e. The van der Waals surface area contributed by atoms with E-state index in [1.165, 1.54) is 7.11 Å². The van der Waals surface area contributed by atoms with Gasteiger partial charge in [-0.05, 0) is 30.7 Å². The standard InChI is InChI=1S/C18H17BrO5/c1-12-7-8-16(17(9-12)22-2)23-11-18(21)24-10-15(20)13-5-3-4-6-14(13)19/h3-9H,10-11H2,1-2H3. The molecule has 2 aromatic rings. The van der Waals surface area contributed by atoms with Gasteiger partial charge in [0.15, 0.2) is 24.7 Å². The minimum absolute atomic E-state index is 0.288. The Hall–Kier alpha value is -2.34. The third-order valence-electron chi connectivity index (χ3n) is 3.20. The highest BCUT2D eigenvalue weighted by Gasteiger charge is 2.13. The first kappa shape index (κ1) is 18.0. The Morgan fingerprint density at radius 3 is 2.50 bits per heavy atom. The normalized spacial score (nSPS) is 10.1. The second-order valence-electron chi connectivity index (χ2n) is 5.01. The maximum atomic E-state index is 12.0. The van der Waals surface area contributed by atoms with Crippen LogP contribution in [-0.4, -0.2) is 32.1 Å². The monoisotopic (exact) mass is 392 g/mol. The highest BCUT2D eigenvalue weighted by molar-refractivity contribution is 9.10. The summed E-state index contributed by atoms with van der Waals surface area (Å²) in [5.41, 5.74) is 1.48. The van der Waals surface area contributed by atoms with Gasteiger partial charge in [0, 0.05) is 10.0 Å². The van der Waals surface area contributed by atoms with Gasteiger partial charge < -0.3 is 14.2 Å². The first-order chi connectivity index (χ1) is 11.5. The molecule has 0 saturated heterocycles. The van der Waals surface area contributed by atoms with Crippen molar-refractivity contribution < 1.29 is 23.8 Å². The van der Waals surface area contributed by atoms with E-state index in [2.05, 4.69) is 15.9 Å². The van der Waals surface area contributed by atoms with E-state index in [1.807, 2.05) is 13.0 Å². The zero-order valence-corrected chi connectivity index (χ0v) is 15.0. The van der Waals surface area contributed by atoms with E-state index in [1.54, 1.807) is 36.4 Å². The number of benzene rings is 2. The maximum absolute atomic E-state index is 12.0. The highest BCUT2D eigenvalue weighted by atomic mass is 79.9. The van der Waals surface area contributed by atoms with Crippen molar-refractivity contribution in [1.82, 2.24) is 0 Å². The highest BCUT2D eigenvalue weighted by Crippen LogP contribution is 2.27. The van der Waals surface area contributed by atoms with E-state index in [4.69, 9.17) is 14.2 Å². The second kappa shape index (κ2) is 8.49. The number of carbonyl (C=O) groups is 2. The van der Waals surface area contributed by atoms with Gasteiger partial charge in [-0.3, -0.25) is 4.79 Å². The number of hydrogen-bond acceptors (Lipinski definition) is 5. The molecule has 5 nitrogen and oxygen atoms in total. The van der Waals surface area contributed by atoms with Crippen LogP contribution in [0.3, 0.4) is 0 Å². The average molecular weight is 393 g/mol. The molecule has 0 unspecified atom stereocenters. The van der Waals surface area contributed by atoms with Crippen molar-refractivity contribution in [2.24, 2.45) is 0 Å². The third kappa shape index (κ3) is 4.83. The molecule has 0 N–H and O–H groups in total. The number of methoxy groups -OCH3 is 1. The molecular formula is C18H17BrO5. The van der Waals surface area contributed by atoms with Crippen LogP contribution in [-0.2, 0) is 9.53 Å². The summed E-state index contributed by atoms with van der Waals surface area (Å²) in [5.74, 6) is 0.0612. The summed E-state index contributed by atoms with van der Waals surface area (Å²) in [6.07, 6.45) is 0. The topological polar surface area (TPSA) is 61.8 Å². The summed E-state index contributed by atoms with van der Waals surface area (Å²) in [5, 5.41) is 0. The van der Waals surface area contributed by atoms with Crippen molar-refractivity contribution in [3.8, 4) is 11.5 Å². The number of carbonyl (C=O) groups excluding carboxylic acids is 2. The molecule has 24 heavy (non-hydrogen) atoms. The fraction of sp³-hybridized carbons (Fsp3) is 0.222. The molecule has 0 bridgehead atoms. The van der Waals surface area contributed by atoms with Crippen molar-refractivity contribution in [3.05, 3.63) is 58.1 Å². The fourth-order valence-electron chi connectivity index (χ4n) is 1.98. The minimum Gasteiger partial charge on any atom is -0.493 e. The van der Waals surface area contributed by atoms with Crippen LogP contribution in [0.25, 0.3) is 0 Å². The number of ketones is 1. The molecule has 2 aromatic carbocycles. The van der Waals surface area contributed by atoms with Gasteiger partial charge in [0.2, 0.25) is 5.78 Å². The SMILES string of the molecule is COc1cc(C)ccc1OCC(=O)OCC(=O)c1ccccc1Br. The molecule has 0 spiro atoms. The van der Waals surface area contributed by atoms with Crippen molar-refractivity contribution in [1.29, 1.82) is 0 Å². The van der Waals surface area contributed by atoms with Gasteiger partial charge in [0.05, 0.1) is 7.11 Å². The van der Waals surface area contributed by atoms with Crippen molar-refractivity contribution in [2.45, 2.75) is 6.92 Å². The van der Waals surface area contributed by atoms with Crippen LogP contribution >= 0.6 is 15.9 Å². The van der Waals surface area contributed by atoms with Crippen molar-refractivity contribution in [2.75, 3.05) is 20.3 Å². The largest absolute Gasteiger partial charge is 0.493 e.